The minimum Gasteiger partial charge on any atom is -0.388 e. The van der Waals surface area contributed by atoms with Crippen molar-refractivity contribution in [3.05, 3.63) is 23.9 Å². The maximum absolute atomic E-state index is 10.3. The molecule has 3 rings (SSSR count). The van der Waals surface area contributed by atoms with Gasteiger partial charge in [0.05, 0.1) is 17.2 Å². The van der Waals surface area contributed by atoms with Crippen LogP contribution in [-0.2, 0) is 5.60 Å². The Hall–Kier alpha value is -1.55. The van der Waals surface area contributed by atoms with Gasteiger partial charge < -0.3 is 10.4 Å². The molecule has 0 radical (unpaired) electrons. The molecule has 1 aromatic heterocycles. The molecule has 0 saturated heterocycles. The summed E-state index contributed by atoms with van der Waals surface area (Å²) in [4.78, 5) is 0. The number of aliphatic hydroxyl groups is 1. The van der Waals surface area contributed by atoms with Crippen molar-refractivity contribution in [1.29, 1.82) is 0 Å². The van der Waals surface area contributed by atoms with E-state index in [2.05, 4.69) is 22.3 Å². The molecule has 2 N–H and O–H groups in total. The van der Waals surface area contributed by atoms with Gasteiger partial charge in [-0.25, -0.2) is 0 Å². The van der Waals surface area contributed by atoms with E-state index in [0.717, 1.165) is 22.2 Å². The van der Waals surface area contributed by atoms with Crippen molar-refractivity contribution in [1.82, 2.24) is 9.78 Å². The van der Waals surface area contributed by atoms with E-state index in [0.29, 0.717) is 6.04 Å². The molecule has 1 aliphatic rings. The fraction of sp³-hybridized carbons (Fsp3) is 0.588. The van der Waals surface area contributed by atoms with E-state index < -0.39 is 5.60 Å². The summed E-state index contributed by atoms with van der Waals surface area (Å²) >= 11 is 0. The van der Waals surface area contributed by atoms with Gasteiger partial charge in [0.15, 0.2) is 0 Å². The SMILES string of the molecule is CNc1cc2cn(C3CCCCC3)nc2cc1C(C)(C)O. The normalized spacial score (nSPS) is 17.3. The average Bonchev–Trinajstić information content (AvgIpc) is 2.88. The summed E-state index contributed by atoms with van der Waals surface area (Å²) in [5.74, 6) is 0. The van der Waals surface area contributed by atoms with Crippen LogP contribution >= 0.6 is 0 Å². The summed E-state index contributed by atoms with van der Waals surface area (Å²) in [6, 6.07) is 4.64. The predicted octanol–water partition coefficient (Wildman–Crippen LogP) is 3.81. The molecule has 4 nitrogen and oxygen atoms in total. The van der Waals surface area contributed by atoms with Gasteiger partial charge in [0.1, 0.15) is 0 Å². The molecule has 1 saturated carbocycles. The molecular formula is C17H25N3O. The number of nitrogens with zero attached hydrogens (tertiary/aromatic N) is 2. The van der Waals surface area contributed by atoms with Crippen LogP contribution in [0.2, 0.25) is 0 Å². The first-order valence-electron chi connectivity index (χ1n) is 7.92. The van der Waals surface area contributed by atoms with Gasteiger partial charge in [-0.15, -0.1) is 0 Å². The van der Waals surface area contributed by atoms with E-state index in [1.54, 1.807) is 0 Å². The summed E-state index contributed by atoms with van der Waals surface area (Å²) in [5, 5.41) is 19.4. The quantitative estimate of drug-likeness (QED) is 0.902. The number of aromatic nitrogens is 2. The molecule has 0 spiro atoms. The van der Waals surface area contributed by atoms with Crippen molar-refractivity contribution < 1.29 is 5.11 Å². The number of hydrogen-bond donors (Lipinski definition) is 2. The molecular weight excluding hydrogens is 262 g/mol. The van der Waals surface area contributed by atoms with E-state index in [1.165, 1.54) is 32.1 Å². The van der Waals surface area contributed by atoms with Crippen LogP contribution in [0.15, 0.2) is 18.3 Å². The van der Waals surface area contributed by atoms with Gasteiger partial charge in [0.25, 0.3) is 0 Å². The van der Waals surface area contributed by atoms with Crippen molar-refractivity contribution in [3.63, 3.8) is 0 Å². The minimum atomic E-state index is -0.874. The molecule has 2 aromatic rings. The number of hydrogen-bond acceptors (Lipinski definition) is 3. The Morgan fingerprint density at radius 2 is 1.95 bits per heavy atom. The van der Waals surface area contributed by atoms with Gasteiger partial charge in [-0.2, -0.15) is 5.10 Å². The summed E-state index contributed by atoms with van der Waals surface area (Å²) in [7, 11) is 1.89. The monoisotopic (exact) mass is 287 g/mol. The Balaban J connectivity index is 2.04. The number of rotatable bonds is 3. The molecule has 114 valence electrons. The standard InChI is InChI=1S/C17H25N3O/c1-17(2,21)14-10-15-12(9-16(14)18-3)11-20(19-15)13-7-5-4-6-8-13/h9-11,13,18,21H,4-8H2,1-3H3. The second-order valence-electron chi connectivity index (χ2n) is 6.67. The lowest BCUT2D eigenvalue weighted by molar-refractivity contribution is 0.0794. The minimum absolute atomic E-state index is 0.537. The van der Waals surface area contributed by atoms with Crippen molar-refractivity contribution in [2.24, 2.45) is 0 Å². The molecule has 1 heterocycles. The molecule has 1 fully saturated rings. The molecule has 0 bridgehead atoms. The average molecular weight is 287 g/mol. The lowest BCUT2D eigenvalue weighted by Crippen LogP contribution is -2.17. The first kappa shape index (κ1) is 14.4. The molecule has 0 amide bonds. The molecule has 1 aromatic carbocycles. The molecule has 0 unspecified atom stereocenters. The summed E-state index contributed by atoms with van der Waals surface area (Å²) in [5.41, 5.74) is 1.96. The summed E-state index contributed by atoms with van der Waals surface area (Å²) < 4.78 is 2.14. The van der Waals surface area contributed by atoms with Gasteiger partial charge in [-0.05, 0) is 38.8 Å². The second-order valence-corrected chi connectivity index (χ2v) is 6.67. The van der Waals surface area contributed by atoms with Crippen LogP contribution in [0.3, 0.4) is 0 Å². The molecule has 0 atom stereocenters. The zero-order valence-corrected chi connectivity index (χ0v) is 13.2. The Bertz CT molecular complexity index is 633. The number of nitrogens with one attached hydrogen (secondary N) is 1. The lowest BCUT2D eigenvalue weighted by atomic mass is 9.95. The van der Waals surface area contributed by atoms with E-state index >= 15 is 0 Å². The zero-order chi connectivity index (χ0) is 15.0. The molecule has 4 heteroatoms. The third kappa shape index (κ3) is 2.77. The smallest absolute Gasteiger partial charge is 0.0928 e. The van der Waals surface area contributed by atoms with Crippen LogP contribution in [0.5, 0.6) is 0 Å². The van der Waals surface area contributed by atoms with Crippen molar-refractivity contribution in [2.75, 3.05) is 12.4 Å². The van der Waals surface area contributed by atoms with Crippen LogP contribution in [0.4, 0.5) is 5.69 Å². The summed E-state index contributed by atoms with van der Waals surface area (Å²) in [6.45, 7) is 3.63. The topological polar surface area (TPSA) is 50.1 Å². The highest BCUT2D eigenvalue weighted by Gasteiger charge is 2.22. The van der Waals surface area contributed by atoms with Gasteiger partial charge >= 0.3 is 0 Å². The van der Waals surface area contributed by atoms with E-state index in [1.807, 2.05) is 27.0 Å². The Morgan fingerprint density at radius 3 is 2.57 bits per heavy atom. The molecule has 21 heavy (non-hydrogen) atoms. The maximum atomic E-state index is 10.3. The molecule has 1 aliphatic carbocycles. The highest BCUT2D eigenvalue weighted by Crippen LogP contribution is 2.33. The fourth-order valence-electron chi connectivity index (χ4n) is 3.34. The Morgan fingerprint density at radius 1 is 1.24 bits per heavy atom. The largest absolute Gasteiger partial charge is 0.388 e. The number of fused-ring (bicyclic) bond motifs is 1. The first-order valence-corrected chi connectivity index (χ1v) is 7.92. The first-order chi connectivity index (χ1) is 9.99. The Labute approximate surface area is 126 Å². The van der Waals surface area contributed by atoms with E-state index in [9.17, 15) is 5.11 Å². The summed E-state index contributed by atoms with van der Waals surface area (Å²) in [6.07, 6.45) is 8.57. The zero-order valence-electron chi connectivity index (χ0n) is 13.2. The maximum Gasteiger partial charge on any atom is 0.0928 e. The predicted molar refractivity (Wildman–Crippen MR) is 86.6 cm³/mol. The number of anilines is 1. The van der Waals surface area contributed by atoms with Crippen LogP contribution in [0.25, 0.3) is 10.9 Å². The van der Waals surface area contributed by atoms with Gasteiger partial charge in [0, 0.05) is 29.9 Å². The van der Waals surface area contributed by atoms with Crippen LogP contribution in [0, 0.1) is 0 Å². The van der Waals surface area contributed by atoms with Gasteiger partial charge in [0.2, 0.25) is 0 Å². The van der Waals surface area contributed by atoms with Crippen LogP contribution in [0.1, 0.15) is 57.6 Å². The second kappa shape index (κ2) is 5.34. The fourth-order valence-corrected chi connectivity index (χ4v) is 3.34. The lowest BCUT2D eigenvalue weighted by Gasteiger charge is -2.21. The van der Waals surface area contributed by atoms with Gasteiger partial charge in [-0.1, -0.05) is 19.3 Å². The highest BCUT2D eigenvalue weighted by atomic mass is 16.3. The third-order valence-electron chi connectivity index (χ3n) is 4.54. The third-order valence-corrected chi connectivity index (χ3v) is 4.54. The van der Waals surface area contributed by atoms with E-state index in [4.69, 9.17) is 5.10 Å². The highest BCUT2D eigenvalue weighted by molar-refractivity contribution is 5.84. The van der Waals surface area contributed by atoms with Crippen molar-refractivity contribution >= 4 is 16.6 Å². The van der Waals surface area contributed by atoms with Crippen molar-refractivity contribution in [3.8, 4) is 0 Å². The van der Waals surface area contributed by atoms with Crippen LogP contribution in [-0.4, -0.2) is 21.9 Å². The number of benzene rings is 1. The van der Waals surface area contributed by atoms with E-state index in [-0.39, 0.29) is 0 Å². The molecule has 0 aliphatic heterocycles. The Kier molecular flexibility index (Phi) is 3.66. The van der Waals surface area contributed by atoms with Crippen molar-refractivity contribution in [2.45, 2.75) is 57.6 Å². The van der Waals surface area contributed by atoms with Crippen LogP contribution < -0.4 is 5.32 Å². The van der Waals surface area contributed by atoms with Gasteiger partial charge in [-0.3, -0.25) is 4.68 Å².